The van der Waals surface area contributed by atoms with E-state index < -0.39 is 0 Å². The molecule has 0 saturated carbocycles. The van der Waals surface area contributed by atoms with Crippen LogP contribution in [0.3, 0.4) is 0 Å². The fourth-order valence-corrected chi connectivity index (χ4v) is 1.70. The molecule has 0 amide bonds. The summed E-state index contributed by atoms with van der Waals surface area (Å²) in [5.41, 5.74) is 1.73. The molecule has 0 aromatic heterocycles. The van der Waals surface area contributed by atoms with Crippen LogP contribution in [0, 0.1) is 0 Å². The van der Waals surface area contributed by atoms with Crippen LogP contribution in [0.25, 0.3) is 0 Å². The van der Waals surface area contributed by atoms with Crippen molar-refractivity contribution in [3.8, 4) is 11.5 Å². The predicted molar refractivity (Wildman–Crippen MR) is 64.6 cm³/mol. The zero-order valence-electron chi connectivity index (χ0n) is 10.7. The molecule has 0 radical (unpaired) electrons. The Morgan fingerprint density at radius 2 is 1.59 bits per heavy atom. The molecule has 0 aliphatic rings. The van der Waals surface area contributed by atoms with Gasteiger partial charge in [0.15, 0.2) is 0 Å². The number of methoxy groups -OCH3 is 3. The summed E-state index contributed by atoms with van der Waals surface area (Å²) in [6.07, 6.45) is 0.340. The molecule has 0 N–H and O–H groups in total. The molecule has 1 rings (SSSR count). The van der Waals surface area contributed by atoms with Crippen molar-refractivity contribution in [2.45, 2.75) is 20.0 Å². The minimum absolute atomic E-state index is 0.0878. The molecule has 1 aromatic rings. The first-order valence-corrected chi connectivity index (χ1v) is 5.34. The maximum absolute atomic E-state index is 11.2. The van der Waals surface area contributed by atoms with Gasteiger partial charge in [-0.3, -0.25) is 4.79 Å². The molecule has 0 bridgehead atoms. The average molecular weight is 238 g/mol. The van der Waals surface area contributed by atoms with E-state index in [0.717, 1.165) is 11.1 Å². The molecule has 0 spiro atoms. The van der Waals surface area contributed by atoms with E-state index >= 15 is 0 Å². The van der Waals surface area contributed by atoms with Crippen molar-refractivity contribution in [3.05, 3.63) is 23.3 Å². The first-order valence-electron chi connectivity index (χ1n) is 5.34. The Balaban J connectivity index is 3.17. The summed E-state index contributed by atoms with van der Waals surface area (Å²) in [7, 11) is 4.80. The summed E-state index contributed by atoms with van der Waals surface area (Å²) in [6, 6.07) is 3.68. The summed E-state index contributed by atoms with van der Waals surface area (Å²) in [4.78, 5) is 11.2. The maximum Gasteiger partial charge on any atom is 0.134 e. The number of ketones is 1. The van der Waals surface area contributed by atoms with E-state index in [2.05, 4.69) is 0 Å². The lowest BCUT2D eigenvalue weighted by Gasteiger charge is -2.13. The number of ether oxygens (including phenoxy) is 3. The predicted octanol–water partition coefficient (Wildman–Crippen LogP) is 1.98. The quantitative estimate of drug-likeness (QED) is 0.760. The Labute approximate surface area is 101 Å². The zero-order valence-corrected chi connectivity index (χ0v) is 10.7. The molecule has 1 aromatic carbocycles. The summed E-state index contributed by atoms with van der Waals surface area (Å²) in [5, 5.41) is 0. The van der Waals surface area contributed by atoms with E-state index in [1.807, 2.05) is 12.1 Å². The van der Waals surface area contributed by atoms with E-state index in [-0.39, 0.29) is 5.78 Å². The zero-order chi connectivity index (χ0) is 12.8. The third kappa shape index (κ3) is 3.46. The number of benzene rings is 1. The van der Waals surface area contributed by atoms with Gasteiger partial charge in [0.1, 0.15) is 17.3 Å². The molecule has 0 saturated heterocycles. The van der Waals surface area contributed by atoms with E-state index in [9.17, 15) is 4.79 Å². The molecule has 17 heavy (non-hydrogen) atoms. The van der Waals surface area contributed by atoms with E-state index in [1.165, 1.54) is 0 Å². The van der Waals surface area contributed by atoms with Gasteiger partial charge in [-0.25, -0.2) is 0 Å². The summed E-state index contributed by atoms with van der Waals surface area (Å²) in [5.74, 6) is 1.49. The average Bonchev–Trinajstić information content (AvgIpc) is 2.30. The van der Waals surface area contributed by atoms with Crippen LogP contribution < -0.4 is 9.47 Å². The van der Waals surface area contributed by atoms with E-state index in [4.69, 9.17) is 14.2 Å². The van der Waals surface area contributed by atoms with E-state index in [0.29, 0.717) is 24.5 Å². The van der Waals surface area contributed by atoms with E-state index in [1.54, 1.807) is 28.3 Å². The Bertz CT molecular complexity index is 399. The Hall–Kier alpha value is -1.55. The van der Waals surface area contributed by atoms with Crippen molar-refractivity contribution in [1.82, 2.24) is 0 Å². The van der Waals surface area contributed by atoms with Gasteiger partial charge in [0.2, 0.25) is 0 Å². The van der Waals surface area contributed by atoms with Gasteiger partial charge in [-0.05, 0) is 19.1 Å². The highest BCUT2D eigenvalue weighted by atomic mass is 16.5. The molecular weight excluding hydrogens is 220 g/mol. The maximum atomic E-state index is 11.2. The lowest BCUT2D eigenvalue weighted by atomic mass is 10.0. The summed E-state index contributed by atoms with van der Waals surface area (Å²) >= 11 is 0. The van der Waals surface area contributed by atoms with Crippen LogP contribution in [-0.4, -0.2) is 27.1 Å². The van der Waals surface area contributed by atoms with Crippen molar-refractivity contribution in [1.29, 1.82) is 0 Å². The van der Waals surface area contributed by atoms with Crippen LogP contribution in [-0.2, 0) is 22.6 Å². The van der Waals surface area contributed by atoms with Crippen LogP contribution in [0.15, 0.2) is 12.1 Å². The van der Waals surface area contributed by atoms with Gasteiger partial charge in [-0.2, -0.15) is 0 Å². The van der Waals surface area contributed by atoms with Gasteiger partial charge >= 0.3 is 0 Å². The van der Waals surface area contributed by atoms with Gasteiger partial charge in [-0.1, -0.05) is 0 Å². The molecule has 4 nitrogen and oxygen atoms in total. The van der Waals surface area contributed by atoms with Crippen molar-refractivity contribution in [2.24, 2.45) is 0 Å². The summed E-state index contributed by atoms with van der Waals surface area (Å²) in [6.45, 7) is 1.99. The highest BCUT2D eigenvalue weighted by molar-refractivity contribution is 5.79. The minimum Gasteiger partial charge on any atom is -0.496 e. The number of Topliss-reactive ketones (excluding diaryl/α,β-unsaturated/α-hetero) is 1. The third-order valence-electron chi connectivity index (χ3n) is 2.42. The van der Waals surface area contributed by atoms with Crippen LogP contribution in [0.2, 0.25) is 0 Å². The van der Waals surface area contributed by atoms with Crippen LogP contribution in [0.4, 0.5) is 0 Å². The molecule has 0 heterocycles. The monoisotopic (exact) mass is 238 g/mol. The van der Waals surface area contributed by atoms with Gasteiger partial charge in [-0.15, -0.1) is 0 Å². The van der Waals surface area contributed by atoms with Crippen molar-refractivity contribution < 1.29 is 19.0 Å². The first-order chi connectivity index (χ1) is 8.12. The second-order valence-corrected chi connectivity index (χ2v) is 3.79. The van der Waals surface area contributed by atoms with Crippen molar-refractivity contribution >= 4 is 5.78 Å². The molecular formula is C13H18O4. The highest BCUT2D eigenvalue weighted by Crippen LogP contribution is 2.29. The van der Waals surface area contributed by atoms with Gasteiger partial charge in [0.25, 0.3) is 0 Å². The fourth-order valence-electron chi connectivity index (χ4n) is 1.70. The smallest absolute Gasteiger partial charge is 0.134 e. The molecule has 94 valence electrons. The molecule has 0 atom stereocenters. The molecule has 0 unspecified atom stereocenters. The third-order valence-corrected chi connectivity index (χ3v) is 2.42. The molecule has 0 fully saturated rings. The standard InChI is InChI=1S/C13H18O4/c1-9(14)5-10-6-13(17-4)11(8-15-2)7-12(10)16-3/h6-7H,5,8H2,1-4H3. The fraction of sp³-hybridized carbons (Fsp3) is 0.462. The minimum atomic E-state index is 0.0878. The molecule has 0 aliphatic heterocycles. The summed E-state index contributed by atoms with van der Waals surface area (Å²) < 4.78 is 15.6. The SMILES string of the molecule is COCc1cc(OC)c(CC(C)=O)cc1OC. The number of hydrogen-bond acceptors (Lipinski definition) is 4. The largest absolute Gasteiger partial charge is 0.496 e. The van der Waals surface area contributed by atoms with Gasteiger partial charge < -0.3 is 14.2 Å². The van der Waals surface area contributed by atoms with Gasteiger partial charge in [0, 0.05) is 24.7 Å². The second kappa shape index (κ2) is 6.25. The second-order valence-electron chi connectivity index (χ2n) is 3.79. The topological polar surface area (TPSA) is 44.8 Å². The Kier molecular flexibility index (Phi) is 4.97. The van der Waals surface area contributed by atoms with Gasteiger partial charge in [0.05, 0.1) is 20.8 Å². The Morgan fingerprint density at radius 3 is 2.06 bits per heavy atom. The van der Waals surface area contributed by atoms with Crippen molar-refractivity contribution in [2.75, 3.05) is 21.3 Å². The first kappa shape index (κ1) is 13.5. The lowest BCUT2D eigenvalue weighted by Crippen LogP contribution is -2.03. The number of carbonyl (C=O) groups excluding carboxylic acids is 1. The van der Waals surface area contributed by atoms with Crippen LogP contribution in [0.5, 0.6) is 11.5 Å². The molecule has 4 heteroatoms. The normalized spacial score (nSPS) is 10.1. The van der Waals surface area contributed by atoms with Crippen LogP contribution >= 0.6 is 0 Å². The number of carbonyl (C=O) groups is 1. The van der Waals surface area contributed by atoms with Crippen molar-refractivity contribution in [3.63, 3.8) is 0 Å². The van der Waals surface area contributed by atoms with Crippen LogP contribution in [0.1, 0.15) is 18.1 Å². The lowest BCUT2D eigenvalue weighted by molar-refractivity contribution is -0.116. The Morgan fingerprint density at radius 1 is 1.06 bits per heavy atom. The molecule has 0 aliphatic carbocycles. The highest BCUT2D eigenvalue weighted by Gasteiger charge is 2.12. The number of hydrogen-bond donors (Lipinski definition) is 0. The number of rotatable bonds is 6.